The number of likely N-dealkylation sites (N-methyl/N-ethyl adjacent to an activating group) is 1. The van der Waals surface area contributed by atoms with Crippen molar-refractivity contribution >= 4 is 23.1 Å². The largest absolute Gasteiger partial charge is 0.465 e. The molecule has 1 heterocycles. The summed E-state index contributed by atoms with van der Waals surface area (Å²) in [5, 5.41) is 8.86. The highest BCUT2D eigenvalue weighted by molar-refractivity contribution is 6.03. The van der Waals surface area contributed by atoms with Crippen molar-refractivity contribution in [3.63, 3.8) is 0 Å². The Balaban J connectivity index is 1.83. The van der Waals surface area contributed by atoms with E-state index in [-0.39, 0.29) is 0 Å². The first-order chi connectivity index (χ1) is 12.0. The molecule has 0 aliphatic rings. The summed E-state index contributed by atoms with van der Waals surface area (Å²) >= 11 is 0. The first kappa shape index (κ1) is 16.5. The SMILES string of the molecule is CN(CCc1ccc(-c2nc3cccc(C(N)=O)c3o2)cc1)C(=O)O. The number of primary amides is 1. The Hall–Kier alpha value is -3.35. The first-order valence-electron chi connectivity index (χ1n) is 7.68. The standard InChI is InChI=1S/C18H17N3O4/c1-21(18(23)24)10-9-11-5-7-12(8-6-11)17-20-14-4-2-3-13(16(19)22)15(14)25-17/h2-8H,9-10H2,1H3,(H2,19,22)(H,23,24). The number of fused-ring (bicyclic) bond motifs is 1. The second-order valence-corrected chi connectivity index (χ2v) is 5.69. The Morgan fingerprint density at radius 1 is 1.20 bits per heavy atom. The molecule has 0 bridgehead atoms. The van der Waals surface area contributed by atoms with Crippen molar-refractivity contribution in [3.8, 4) is 11.5 Å². The van der Waals surface area contributed by atoms with Gasteiger partial charge in [-0.1, -0.05) is 18.2 Å². The van der Waals surface area contributed by atoms with E-state index in [1.807, 2.05) is 24.3 Å². The number of oxazole rings is 1. The van der Waals surface area contributed by atoms with Crippen molar-refractivity contribution in [2.24, 2.45) is 5.73 Å². The molecule has 3 rings (SSSR count). The van der Waals surface area contributed by atoms with Crippen molar-refractivity contribution < 1.29 is 19.1 Å². The average molecular weight is 339 g/mol. The molecule has 0 spiro atoms. The molecule has 0 radical (unpaired) electrons. The number of nitrogens with two attached hydrogens (primary N) is 1. The minimum absolute atomic E-state index is 0.296. The van der Waals surface area contributed by atoms with Crippen LogP contribution in [0.3, 0.4) is 0 Å². The Morgan fingerprint density at radius 3 is 2.56 bits per heavy atom. The van der Waals surface area contributed by atoms with Crippen LogP contribution in [0.1, 0.15) is 15.9 Å². The van der Waals surface area contributed by atoms with E-state index >= 15 is 0 Å². The highest BCUT2D eigenvalue weighted by atomic mass is 16.4. The van der Waals surface area contributed by atoms with Crippen LogP contribution in [0.5, 0.6) is 0 Å². The second kappa shape index (κ2) is 6.64. The number of carboxylic acid groups (broad SMARTS) is 1. The van der Waals surface area contributed by atoms with Crippen LogP contribution in [0.4, 0.5) is 4.79 Å². The highest BCUT2D eigenvalue weighted by Gasteiger charge is 2.14. The third kappa shape index (κ3) is 3.45. The number of nitrogens with zero attached hydrogens (tertiary/aromatic N) is 2. The Morgan fingerprint density at radius 2 is 1.92 bits per heavy atom. The molecule has 0 fully saturated rings. The second-order valence-electron chi connectivity index (χ2n) is 5.69. The highest BCUT2D eigenvalue weighted by Crippen LogP contribution is 2.26. The number of aromatic nitrogens is 1. The van der Waals surface area contributed by atoms with Crippen molar-refractivity contribution in [3.05, 3.63) is 53.6 Å². The number of hydrogen-bond acceptors (Lipinski definition) is 4. The molecule has 25 heavy (non-hydrogen) atoms. The minimum Gasteiger partial charge on any atom is -0.465 e. The summed E-state index contributed by atoms with van der Waals surface area (Å²) < 4.78 is 5.72. The van der Waals surface area contributed by atoms with Gasteiger partial charge in [-0.2, -0.15) is 0 Å². The fraction of sp³-hybridized carbons (Fsp3) is 0.167. The van der Waals surface area contributed by atoms with Crippen molar-refractivity contribution in [2.45, 2.75) is 6.42 Å². The van der Waals surface area contributed by atoms with E-state index in [4.69, 9.17) is 15.3 Å². The fourth-order valence-electron chi connectivity index (χ4n) is 2.47. The lowest BCUT2D eigenvalue weighted by molar-refractivity contribution is 0.100. The molecule has 0 saturated heterocycles. The van der Waals surface area contributed by atoms with Crippen LogP contribution in [0, 0.1) is 0 Å². The predicted octanol–water partition coefficient (Wildman–Crippen LogP) is 2.75. The zero-order valence-electron chi connectivity index (χ0n) is 13.6. The van der Waals surface area contributed by atoms with Gasteiger partial charge in [-0.05, 0) is 36.2 Å². The van der Waals surface area contributed by atoms with Crippen LogP contribution < -0.4 is 5.73 Å². The third-order valence-electron chi connectivity index (χ3n) is 3.94. The summed E-state index contributed by atoms with van der Waals surface area (Å²) in [5.41, 5.74) is 8.36. The molecule has 3 N–H and O–H groups in total. The fourth-order valence-corrected chi connectivity index (χ4v) is 2.47. The molecule has 0 aliphatic heterocycles. The summed E-state index contributed by atoms with van der Waals surface area (Å²) in [5.74, 6) is -0.163. The van der Waals surface area contributed by atoms with Gasteiger partial charge in [0.15, 0.2) is 5.58 Å². The van der Waals surface area contributed by atoms with E-state index in [0.29, 0.717) is 35.5 Å². The summed E-state index contributed by atoms with van der Waals surface area (Å²) in [6, 6.07) is 12.6. The van der Waals surface area contributed by atoms with Crippen molar-refractivity contribution in [2.75, 3.05) is 13.6 Å². The topological polar surface area (TPSA) is 110 Å². The molecule has 128 valence electrons. The quantitative estimate of drug-likeness (QED) is 0.743. The monoisotopic (exact) mass is 339 g/mol. The lowest BCUT2D eigenvalue weighted by atomic mass is 10.1. The average Bonchev–Trinajstić information content (AvgIpc) is 3.03. The number of rotatable bonds is 5. The number of carbonyl (C=O) groups is 2. The molecule has 0 unspecified atom stereocenters. The molecule has 7 nitrogen and oxygen atoms in total. The Labute approximate surface area is 143 Å². The normalized spacial score (nSPS) is 10.8. The summed E-state index contributed by atoms with van der Waals surface area (Å²) in [6.07, 6.45) is -0.337. The van der Waals surface area contributed by atoms with Crippen LogP contribution >= 0.6 is 0 Å². The summed E-state index contributed by atoms with van der Waals surface area (Å²) in [4.78, 5) is 27.9. The minimum atomic E-state index is -0.951. The lowest BCUT2D eigenvalue weighted by Gasteiger charge is -2.12. The molecule has 2 amide bonds. The van der Waals surface area contributed by atoms with Gasteiger partial charge in [0, 0.05) is 19.2 Å². The molecule has 0 atom stereocenters. The molecule has 3 aromatic rings. The molecule has 7 heteroatoms. The van der Waals surface area contributed by atoms with Crippen LogP contribution in [-0.2, 0) is 6.42 Å². The van der Waals surface area contributed by atoms with Gasteiger partial charge in [-0.3, -0.25) is 4.79 Å². The number of hydrogen-bond donors (Lipinski definition) is 2. The van der Waals surface area contributed by atoms with E-state index in [1.165, 1.54) is 11.9 Å². The maximum absolute atomic E-state index is 11.5. The van der Waals surface area contributed by atoms with Crippen LogP contribution in [0.25, 0.3) is 22.6 Å². The summed E-state index contributed by atoms with van der Waals surface area (Å²) in [7, 11) is 1.53. The van der Waals surface area contributed by atoms with Crippen molar-refractivity contribution in [1.29, 1.82) is 0 Å². The van der Waals surface area contributed by atoms with E-state index in [9.17, 15) is 9.59 Å². The molecular formula is C18H17N3O4. The Kier molecular flexibility index (Phi) is 4.38. The van der Waals surface area contributed by atoms with Crippen LogP contribution in [0.2, 0.25) is 0 Å². The van der Waals surface area contributed by atoms with Crippen LogP contribution in [-0.4, -0.2) is 40.6 Å². The third-order valence-corrected chi connectivity index (χ3v) is 3.94. The van der Waals surface area contributed by atoms with E-state index in [1.54, 1.807) is 18.2 Å². The van der Waals surface area contributed by atoms with Crippen molar-refractivity contribution in [1.82, 2.24) is 9.88 Å². The van der Waals surface area contributed by atoms with E-state index in [0.717, 1.165) is 11.1 Å². The number of para-hydroxylation sites is 1. The lowest BCUT2D eigenvalue weighted by Crippen LogP contribution is -2.26. The van der Waals surface area contributed by atoms with Gasteiger partial charge in [0.1, 0.15) is 5.52 Å². The van der Waals surface area contributed by atoms with Gasteiger partial charge in [0.2, 0.25) is 5.89 Å². The first-order valence-corrected chi connectivity index (χ1v) is 7.68. The maximum atomic E-state index is 11.5. The number of benzene rings is 2. The molecule has 0 aliphatic carbocycles. The smallest absolute Gasteiger partial charge is 0.407 e. The number of amides is 2. The van der Waals surface area contributed by atoms with Crippen LogP contribution in [0.15, 0.2) is 46.9 Å². The predicted molar refractivity (Wildman–Crippen MR) is 92.3 cm³/mol. The summed E-state index contributed by atoms with van der Waals surface area (Å²) in [6.45, 7) is 0.416. The number of carbonyl (C=O) groups excluding carboxylic acids is 1. The zero-order valence-corrected chi connectivity index (χ0v) is 13.6. The van der Waals surface area contributed by atoms with Gasteiger partial charge < -0.3 is 20.2 Å². The molecular weight excluding hydrogens is 322 g/mol. The maximum Gasteiger partial charge on any atom is 0.407 e. The molecule has 2 aromatic carbocycles. The van der Waals surface area contributed by atoms with Gasteiger partial charge in [0.05, 0.1) is 5.56 Å². The van der Waals surface area contributed by atoms with Gasteiger partial charge in [-0.15, -0.1) is 0 Å². The van der Waals surface area contributed by atoms with Gasteiger partial charge >= 0.3 is 6.09 Å². The Bertz CT molecular complexity index is 931. The van der Waals surface area contributed by atoms with E-state index in [2.05, 4.69) is 4.98 Å². The van der Waals surface area contributed by atoms with Gasteiger partial charge in [-0.25, -0.2) is 9.78 Å². The molecule has 0 saturated carbocycles. The zero-order chi connectivity index (χ0) is 18.0. The van der Waals surface area contributed by atoms with Gasteiger partial charge in [0.25, 0.3) is 5.91 Å². The van der Waals surface area contributed by atoms with E-state index < -0.39 is 12.0 Å². The molecule has 1 aromatic heterocycles.